The van der Waals surface area contributed by atoms with Gasteiger partial charge in [-0.05, 0) is 43.0 Å². The molecule has 2 rings (SSSR count). The first-order chi connectivity index (χ1) is 9.92. The summed E-state index contributed by atoms with van der Waals surface area (Å²) in [7, 11) is -2.04. The van der Waals surface area contributed by atoms with Gasteiger partial charge >= 0.3 is 6.03 Å². The van der Waals surface area contributed by atoms with E-state index in [0.717, 1.165) is 5.56 Å². The molecule has 0 spiro atoms. The van der Waals surface area contributed by atoms with Crippen LogP contribution in [0.5, 0.6) is 0 Å². The second-order valence-corrected chi connectivity index (χ2v) is 7.27. The number of sulfonamides is 1. The Morgan fingerprint density at radius 3 is 2.38 bits per heavy atom. The van der Waals surface area contributed by atoms with E-state index in [9.17, 15) is 13.2 Å². The van der Waals surface area contributed by atoms with Crippen LogP contribution in [0.1, 0.15) is 18.9 Å². The van der Waals surface area contributed by atoms with Crippen molar-refractivity contribution >= 4 is 16.1 Å². The van der Waals surface area contributed by atoms with Gasteiger partial charge in [-0.1, -0.05) is 19.1 Å². The van der Waals surface area contributed by atoms with Crippen LogP contribution in [0.25, 0.3) is 0 Å². The van der Waals surface area contributed by atoms with Gasteiger partial charge in [0.05, 0.1) is 4.90 Å². The predicted octanol–water partition coefficient (Wildman–Crippen LogP) is 1.05. The number of hydrogen-bond acceptors (Lipinski definition) is 3. The van der Waals surface area contributed by atoms with Gasteiger partial charge in [-0.2, -0.15) is 0 Å². The first-order valence-electron chi connectivity index (χ1n) is 6.96. The molecule has 0 unspecified atom stereocenters. The molecule has 1 aromatic rings. The fourth-order valence-electron chi connectivity index (χ4n) is 2.06. The molecule has 2 atom stereocenters. The van der Waals surface area contributed by atoms with Gasteiger partial charge in [-0.15, -0.1) is 0 Å². The number of rotatable bonds is 6. The van der Waals surface area contributed by atoms with E-state index in [4.69, 9.17) is 0 Å². The SMILES string of the molecule is CNS(=O)(=O)c1ccc(CNC(=O)NC[C@@H]2C[C@H]2C)cc1. The van der Waals surface area contributed by atoms with Crippen LogP contribution < -0.4 is 15.4 Å². The second-order valence-electron chi connectivity index (χ2n) is 5.39. The number of amides is 2. The number of nitrogens with one attached hydrogen (secondary N) is 3. The number of benzene rings is 1. The van der Waals surface area contributed by atoms with Gasteiger partial charge in [0, 0.05) is 13.1 Å². The smallest absolute Gasteiger partial charge is 0.315 e. The molecule has 0 aromatic heterocycles. The highest BCUT2D eigenvalue weighted by molar-refractivity contribution is 7.89. The molecule has 0 bridgehead atoms. The summed E-state index contributed by atoms with van der Waals surface area (Å²) in [6.07, 6.45) is 1.18. The number of carbonyl (C=O) groups is 1. The highest BCUT2D eigenvalue weighted by Crippen LogP contribution is 2.36. The lowest BCUT2D eigenvalue weighted by Crippen LogP contribution is -2.36. The quantitative estimate of drug-likeness (QED) is 0.734. The molecule has 1 saturated carbocycles. The van der Waals surface area contributed by atoms with Crippen LogP contribution in [-0.2, 0) is 16.6 Å². The third kappa shape index (κ3) is 4.44. The summed E-state index contributed by atoms with van der Waals surface area (Å²) >= 11 is 0. The fourth-order valence-corrected chi connectivity index (χ4v) is 2.79. The molecule has 6 nitrogen and oxygen atoms in total. The summed E-state index contributed by atoms with van der Waals surface area (Å²) in [6, 6.07) is 6.22. The standard InChI is InChI=1S/C14H21N3O3S/c1-10-7-12(10)9-17-14(18)16-8-11-3-5-13(6-4-11)21(19,20)15-2/h3-6,10,12,15H,7-9H2,1-2H3,(H2,16,17,18)/t10-,12+/m1/s1. The average Bonchev–Trinajstić information content (AvgIpc) is 3.19. The maximum absolute atomic E-state index is 11.6. The topological polar surface area (TPSA) is 87.3 Å². The summed E-state index contributed by atoms with van der Waals surface area (Å²) in [6.45, 7) is 3.25. The van der Waals surface area contributed by atoms with Crippen LogP contribution >= 0.6 is 0 Å². The number of urea groups is 1. The van der Waals surface area contributed by atoms with Gasteiger partial charge in [0.1, 0.15) is 0 Å². The van der Waals surface area contributed by atoms with E-state index < -0.39 is 10.0 Å². The van der Waals surface area contributed by atoms with Crippen molar-refractivity contribution in [1.29, 1.82) is 0 Å². The third-order valence-corrected chi connectivity index (χ3v) is 5.19. The van der Waals surface area contributed by atoms with E-state index >= 15 is 0 Å². The second kappa shape index (κ2) is 6.44. The Bertz CT molecular complexity index is 598. The molecule has 0 heterocycles. The Hall–Kier alpha value is -1.60. The normalized spacial score (nSPS) is 20.9. The van der Waals surface area contributed by atoms with E-state index in [-0.39, 0.29) is 10.9 Å². The molecule has 1 aliphatic carbocycles. The lowest BCUT2D eigenvalue weighted by Gasteiger charge is -2.08. The van der Waals surface area contributed by atoms with Crippen molar-refractivity contribution in [2.75, 3.05) is 13.6 Å². The molecule has 7 heteroatoms. The number of carbonyl (C=O) groups excluding carboxylic acids is 1. The fraction of sp³-hybridized carbons (Fsp3) is 0.500. The zero-order chi connectivity index (χ0) is 15.5. The van der Waals surface area contributed by atoms with Gasteiger partial charge in [0.15, 0.2) is 0 Å². The minimum absolute atomic E-state index is 0.193. The first-order valence-corrected chi connectivity index (χ1v) is 8.45. The van der Waals surface area contributed by atoms with Crippen molar-refractivity contribution in [2.45, 2.75) is 24.8 Å². The van der Waals surface area contributed by atoms with Crippen LogP contribution in [0.4, 0.5) is 4.79 Å². The molecule has 0 aliphatic heterocycles. The van der Waals surface area contributed by atoms with Crippen LogP contribution in [0, 0.1) is 11.8 Å². The van der Waals surface area contributed by atoms with Gasteiger partial charge in [0.25, 0.3) is 0 Å². The molecular weight excluding hydrogens is 290 g/mol. The molecular formula is C14H21N3O3S. The van der Waals surface area contributed by atoms with E-state index in [1.54, 1.807) is 12.1 Å². The summed E-state index contributed by atoms with van der Waals surface area (Å²) < 4.78 is 25.4. The van der Waals surface area contributed by atoms with E-state index in [2.05, 4.69) is 22.3 Å². The Kier molecular flexibility index (Phi) is 4.84. The van der Waals surface area contributed by atoms with Gasteiger partial charge in [-0.25, -0.2) is 17.9 Å². The minimum Gasteiger partial charge on any atom is -0.338 e. The minimum atomic E-state index is -3.41. The Morgan fingerprint density at radius 2 is 1.86 bits per heavy atom. The highest BCUT2D eigenvalue weighted by atomic mass is 32.2. The number of hydrogen-bond donors (Lipinski definition) is 3. The molecule has 1 aliphatic rings. The molecule has 116 valence electrons. The van der Waals surface area contributed by atoms with Crippen molar-refractivity contribution in [3.05, 3.63) is 29.8 Å². The van der Waals surface area contributed by atoms with Crippen molar-refractivity contribution in [1.82, 2.24) is 15.4 Å². The van der Waals surface area contributed by atoms with E-state index in [1.165, 1.54) is 25.6 Å². The van der Waals surface area contributed by atoms with Gasteiger partial charge in [0.2, 0.25) is 10.0 Å². The third-order valence-electron chi connectivity index (χ3n) is 3.76. The van der Waals surface area contributed by atoms with E-state index in [0.29, 0.717) is 24.9 Å². The maximum atomic E-state index is 11.6. The molecule has 1 fully saturated rings. The van der Waals surface area contributed by atoms with Crippen molar-refractivity contribution in [2.24, 2.45) is 11.8 Å². The summed E-state index contributed by atoms with van der Waals surface area (Å²) in [4.78, 5) is 11.8. The predicted molar refractivity (Wildman–Crippen MR) is 80.2 cm³/mol. The summed E-state index contributed by atoms with van der Waals surface area (Å²) in [5.74, 6) is 1.33. The largest absolute Gasteiger partial charge is 0.338 e. The lowest BCUT2D eigenvalue weighted by atomic mass is 10.2. The van der Waals surface area contributed by atoms with Crippen LogP contribution in [0.2, 0.25) is 0 Å². The highest BCUT2D eigenvalue weighted by Gasteiger charge is 2.32. The maximum Gasteiger partial charge on any atom is 0.315 e. The Balaban J connectivity index is 1.79. The Morgan fingerprint density at radius 1 is 1.24 bits per heavy atom. The van der Waals surface area contributed by atoms with Crippen LogP contribution in [0.3, 0.4) is 0 Å². The van der Waals surface area contributed by atoms with Crippen molar-refractivity contribution in [3.8, 4) is 0 Å². The first kappa shape index (κ1) is 15.8. The zero-order valence-electron chi connectivity index (χ0n) is 12.2. The summed E-state index contributed by atoms with van der Waals surface area (Å²) in [5.41, 5.74) is 0.847. The molecule has 3 N–H and O–H groups in total. The van der Waals surface area contributed by atoms with Crippen molar-refractivity contribution in [3.63, 3.8) is 0 Å². The van der Waals surface area contributed by atoms with Gasteiger partial charge < -0.3 is 10.6 Å². The average molecular weight is 311 g/mol. The summed E-state index contributed by atoms with van der Waals surface area (Å²) in [5, 5.41) is 5.59. The van der Waals surface area contributed by atoms with E-state index in [1.807, 2.05) is 0 Å². The Labute approximate surface area is 125 Å². The molecule has 2 amide bonds. The van der Waals surface area contributed by atoms with Gasteiger partial charge in [-0.3, -0.25) is 0 Å². The van der Waals surface area contributed by atoms with Crippen LogP contribution in [-0.4, -0.2) is 28.0 Å². The molecule has 0 radical (unpaired) electrons. The molecule has 0 saturated heterocycles. The van der Waals surface area contributed by atoms with Crippen molar-refractivity contribution < 1.29 is 13.2 Å². The molecule has 21 heavy (non-hydrogen) atoms. The monoisotopic (exact) mass is 311 g/mol. The van der Waals surface area contributed by atoms with Crippen LogP contribution in [0.15, 0.2) is 29.2 Å². The molecule has 1 aromatic carbocycles. The lowest BCUT2D eigenvalue weighted by molar-refractivity contribution is 0.240. The zero-order valence-corrected chi connectivity index (χ0v) is 13.0.